The van der Waals surface area contributed by atoms with E-state index in [1.54, 1.807) is 24.1 Å². The first-order valence-corrected chi connectivity index (χ1v) is 5.41. The molecule has 0 aliphatic heterocycles. The highest BCUT2D eigenvalue weighted by Crippen LogP contribution is 2.01. The number of carbonyl (C=O) groups excluding carboxylic acids is 1. The highest BCUT2D eigenvalue weighted by Gasteiger charge is 2.08. The lowest BCUT2D eigenvalue weighted by atomic mass is 10.3. The molecule has 14 heavy (non-hydrogen) atoms. The van der Waals surface area contributed by atoms with Crippen LogP contribution < -0.4 is 5.32 Å². The SMILES string of the molecule is CC(Br)CCNC(=O)c1cncn1C. The van der Waals surface area contributed by atoms with Crippen LogP contribution >= 0.6 is 15.9 Å². The summed E-state index contributed by atoms with van der Waals surface area (Å²) in [5, 5.41) is 2.83. The summed E-state index contributed by atoms with van der Waals surface area (Å²) in [5.41, 5.74) is 0.590. The maximum atomic E-state index is 11.5. The largest absolute Gasteiger partial charge is 0.351 e. The third kappa shape index (κ3) is 3.14. The van der Waals surface area contributed by atoms with E-state index in [4.69, 9.17) is 0 Å². The van der Waals surface area contributed by atoms with Crippen LogP contribution in [0.4, 0.5) is 0 Å². The van der Waals surface area contributed by atoms with Crippen LogP contribution in [0, 0.1) is 0 Å². The zero-order valence-corrected chi connectivity index (χ0v) is 9.91. The molecule has 5 heteroatoms. The first-order valence-electron chi connectivity index (χ1n) is 4.50. The number of aryl methyl sites for hydroxylation is 1. The lowest BCUT2D eigenvalue weighted by Crippen LogP contribution is -2.27. The van der Waals surface area contributed by atoms with Gasteiger partial charge in [0.25, 0.3) is 5.91 Å². The van der Waals surface area contributed by atoms with Crippen LogP contribution in [0.25, 0.3) is 0 Å². The van der Waals surface area contributed by atoms with Crippen LogP contribution in [0.15, 0.2) is 12.5 Å². The Morgan fingerprint density at radius 2 is 2.50 bits per heavy atom. The van der Waals surface area contributed by atoms with Crippen LogP contribution in [-0.4, -0.2) is 26.8 Å². The highest BCUT2D eigenvalue weighted by atomic mass is 79.9. The van der Waals surface area contributed by atoms with Crippen molar-refractivity contribution in [2.75, 3.05) is 6.54 Å². The van der Waals surface area contributed by atoms with Crippen molar-refractivity contribution in [3.05, 3.63) is 18.2 Å². The number of hydrogen-bond acceptors (Lipinski definition) is 2. The molecule has 1 N–H and O–H groups in total. The van der Waals surface area contributed by atoms with Gasteiger partial charge in [-0.25, -0.2) is 4.98 Å². The molecule has 0 saturated carbocycles. The van der Waals surface area contributed by atoms with Crippen LogP contribution in [0.5, 0.6) is 0 Å². The summed E-state index contributed by atoms with van der Waals surface area (Å²) in [6.07, 6.45) is 4.10. The lowest BCUT2D eigenvalue weighted by molar-refractivity contribution is 0.0945. The zero-order chi connectivity index (χ0) is 10.6. The number of hydrogen-bond donors (Lipinski definition) is 1. The van der Waals surface area contributed by atoms with Gasteiger partial charge >= 0.3 is 0 Å². The van der Waals surface area contributed by atoms with Gasteiger partial charge in [0.05, 0.1) is 12.5 Å². The van der Waals surface area contributed by atoms with Crippen LogP contribution in [0.1, 0.15) is 23.8 Å². The van der Waals surface area contributed by atoms with Crippen molar-refractivity contribution in [2.24, 2.45) is 7.05 Å². The molecule has 0 saturated heterocycles. The number of imidazole rings is 1. The molecule has 1 amide bonds. The van der Waals surface area contributed by atoms with Gasteiger partial charge in [0.1, 0.15) is 5.69 Å². The van der Waals surface area contributed by atoms with Gasteiger partial charge in [-0.1, -0.05) is 22.9 Å². The molecule has 1 aromatic rings. The molecule has 1 rings (SSSR count). The second-order valence-electron chi connectivity index (χ2n) is 3.22. The molecule has 1 atom stereocenters. The Bertz CT molecular complexity index is 309. The number of amides is 1. The number of halogens is 1. The predicted octanol–water partition coefficient (Wildman–Crippen LogP) is 1.32. The zero-order valence-electron chi connectivity index (χ0n) is 8.33. The molecule has 0 fully saturated rings. The highest BCUT2D eigenvalue weighted by molar-refractivity contribution is 9.09. The van der Waals surface area contributed by atoms with E-state index in [2.05, 4.69) is 33.2 Å². The van der Waals surface area contributed by atoms with E-state index in [9.17, 15) is 4.79 Å². The maximum Gasteiger partial charge on any atom is 0.269 e. The topological polar surface area (TPSA) is 46.9 Å². The Balaban J connectivity index is 2.40. The number of alkyl halides is 1. The number of nitrogens with one attached hydrogen (secondary N) is 1. The minimum Gasteiger partial charge on any atom is -0.351 e. The van der Waals surface area contributed by atoms with E-state index in [1.807, 2.05) is 0 Å². The Morgan fingerprint density at radius 1 is 1.79 bits per heavy atom. The fraction of sp³-hybridized carbons (Fsp3) is 0.556. The van der Waals surface area contributed by atoms with Crippen molar-refractivity contribution in [1.29, 1.82) is 0 Å². The van der Waals surface area contributed by atoms with Crippen LogP contribution in [-0.2, 0) is 7.05 Å². The van der Waals surface area contributed by atoms with Crippen molar-refractivity contribution in [1.82, 2.24) is 14.9 Å². The smallest absolute Gasteiger partial charge is 0.269 e. The molecule has 0 aromatic carbocycles. The van der Waals surface area contributed by atoms with Gasteiger partial charge in [0.15, 0.2) is 0 Å². The second-order valence-corrected chi connectivity index (χ2v) is 4.78. The molecule has 0 spiro atoms. The van der Waals surface area contributed by atoms with Gasteiger partial charge in [0.2, 0.25) is 0 Å². The van der Waals surface area contributed by atoms with E-state index in [0.29, 0.717) is 17.1 Å². The molecule has 0 radical (unpaired) electrons. The van der Waals surface area contributed by atoms with Crippen LogP contribution in [0.3, 0.4) is 0 Å². The minimum atomic E-state index is -0.0712. The third-order valence-electron chi connectivity index (χ3n) is 1.88. The Hall–Kier alpha value is -0.840. The molecular weight excluding hydrogens is 246 g/mol. The number of nitrogens with zero attached hydrogens (tertiary/aromatic N) is 2. The van der Waals surface area contributed by atoms with E-state index in [-0.39, 0.29) is 5.91 Å². The molecule has 1 unspecified atom stereocenters. The van der Waals surface area contributed by atoms with Crippen molar-refractivity contribution in [3.63, 3.8) is 0 Å². The summed E-state index contributed by atoms with van der Waals surface area (Å²) < 4.78 is 1.70. The summed E-state index contributed by atoms with van der Waals surface area (Å²) in [7, 11) is 1.80. The Labute approximate surface area is 91.8 Å². The van der Waals surface area contributed by atoms with E-state index < -0.39 is 0 Å². The van der Waals surface area contributed by atoms with Crippen molar-refractivity contribution in [3.8, 4) is 0 Å². The third-order valence-corrected chi connectivity index (χ3v) is 2.33. The normalized spacial score (nSPS) is 12.5. The summed E-state index contributed by atoms with van der Waals surface area (Å²) in [4.78, 5) is 15.8. The second kappa shape index (κ2) is 5.14. The average Bonchev–Trinajstić information content (AvgIpc) is 2.50. The van der Waals surface area contributed by atoms with Gasteiger partial charge in [-0.3, -0.25) is 4.79 Å². The number of rotatable bonds is 4. The van der Waals surface area contributed by atoms with Gasteiger partial charge in [-0.2, -0.15) is 0 Å². The molecule has 78 valence electrons. The van der Waals surface area contributed by atoms with Gasteiger partial charge in [-0.15, -0.1) is 0 Å². The molecule has 1 heterocycles. The Morgan fingerprint density at radius 3 is 3.00 bits per heavy atom. The molecule has 4 nitrogen and oxygen atoms in total. The molecule has 0 aliphatic carbocycles. The van der Waals surface area contributed by atoms with E-state index in [0.717, 1.165) is 6.42 Å². The lowest BCUT2D eigenvalue weighted by Gasteiger charge is -2.06. The van der Waals surface area contributed by atoms with Crippen molar-refractivity contribution >= 4 is 21.8 Å². The fourth-order valence-electron chi connectivity index (χ4n) is 1.05. The molecule has 1 aromatic heterocycles. The average molecular weight is 260 g/mol. The summed E-state index contributed by atoms with van der Waals surface area (Å²) >= 11 is 3.42. The summed E-state index contributed by atoms with van der Waals surface area (Å²) in [6.45, 7) is 2.73. The van der Waals surface area contributed by atoms with Crippen molar-refractivity contribution < 1.29 is 4.79 Å². The summed E-state index contributed by atoms with van der Waals surface area (Å²) in [6, 6.07) is 0. The molecule has 0 bridgehead atoms. The summed E-state index contributed by atoms with van der Waals surface area (Å²) in [5.74, 6) is -0.0712. The van der Waals surface area contributed by atoms with Gasteiger partial charge < -0.3 is 9.88 Å². The quantitative estimate of drug-likeness (QED) is 0.830. The number of carbonyl (C=O) groups is 1. The number of aromatic nitrogens is 2. The van der Waals surface area contributed by atoms with E-state index >= 15 is 0 Å². The molecular formula is C9H14BrN3O. The Kier molecular flexibility index (Phi) is 4.13. The first kappa shape index (κ1) is 11.2. The van der Waals surface area contributed by atoms with Crippen molar-refractivity contribution in [2.45, 2.75) is 18.2 Å². The van der Waals surface area contributed by atoms with E-state index in [1.165, 1.54) is 0 Å². The predicted molar refractivity (Wildman–Crippen MR) is 58.5 cm³/mol. The standard InChI is InChI=1S/C9H14BrN3O/c1-7(10)3-4-12-9(14)8-5-11-6-13(8)2/h5-7H,3-4H2,1-2H3,(H,12,14). The van der Waals surface area contributed by atoms with Gasteiger partial charge in [0, 0.05) is 18.4 Å². The van der Waals surface area contributed by atoms with Crippen LogP contribution in [0.2, 0.25) is 0 Å². The molecule has 0 aliphatic rings. The van der Waals surface area contributed by atoms with Gasteiger partial charge in [-0.05, 0) is 6.42 Å². The fourth-order valence-corrected chi connectivity index (χ4v) is 1.28. The minimum absolute atomic E-state index is 0.0712. The monoisotopic (exact) mass is 259 g/mol. The first-order chi connectivity index (χ1) is 6.61. The maximum absolute atomic E-state index is 11.5.